The Balaban J connectivity index is 1.48. The Morgan fingerprint density at radius 3 is 2.47 bits per heavy atom. The van der Waals surface area contributed by atoms with Crippen LogP contribution in [-0.4, -0.2) is 15.9 Å². The van der Waals surface area contributed by atoms with Gasteiger partial charge >= 0.3 is 5.97 Å². The molecule has 0 saturated heterocycles. The van der Waals surface area contributed by atoms with Crippen LogP contribution in [0.5, 0.6) is 0 Å². The van der Waals surface area contributed by atoms with Crippen molar-refractivity contribution in [3.63, 3.8) is 0 Å². The number of ether oxygens (including phenoxy) is 1. The first-order chi connectivity index (χ1) is 14.7. The van der Waals surface area contributed by atoms with Crippen LogP contribution < -0.4 is 0 Å². The minimum absolute atomic E-state index is 0.125. The summed E-state index contributed by atoms with van der Waals surface area (Å²) in [6, 6.07) is 23.6. The zero-order valence-corrected chi connectivity index (χ0v) is 17.5. The molecule has 5 heteroatoms. The van der Waals surface area contributed by atoms with Crippen molar-refractivity contribution in [2.75, 3.05) is 0 Å². The van der Waals surface area contributed by atoms with Gasteiger partial charge in [-0.25, -0.2) is 4.98 Å². The molecule has 0 bridgehead atoms. The molecule has 0 N–H and O–H groups in total. The molecule has 0 aliphatic heterocycles. The van der Waals surface area contributed by atoms with Crippen LogP contribution in [0.2, 0.25) is 0 Å². The van der Waals surface area contributed by atoms with Crippen molar-refractivity contribution in [1.29, 1.82) is 0 Å². The Morgan fingerprint density at radius 1 is 1.00 bits per heavy atom. The zero-order chi connectivity index (χ0) is 20.8. The molecule has 0 amide bonds. The van der Waals surface area contributed by atoms with Crippen molar-refractivity contribution in [1.82, 2.24) is 9.97 Å². The number of carbonyl (C=O) groups excluding carboxylic acids is 1. The zero-order valence-electron chi connectivity index (χ0n) is 16.7. The molecule has 2 aromatic carbocycles. The van der Waals surface area contributed by atoms with Crippen LogP contribution in [0.15, 0.2) is 84.4 Å². The van der Waals surface area contributed by atoms with Crippen molar-refractivity contribution in [3.8, 4) is 10.6 Å². The lowest BCUT2D eigenvalue weighted by molar-refractivity contribution is -0.146. The number of rotatable bonds is 7. The summed E-state index contributed by atoms with van der Waals surface area (Å²) < 4.78 is 5.83. The van der Waals surface area contributed by atoms with Gasteiger partial charge in [-0.1, -0.05) is 67.6 Å². The van der Waals surface area contributed by atoms with Gasteiger partial charge in [0.2, 0.25) is 0 Å². The minimum atomic E-state index is -0.542. The number of aryl methyl sites for hydroxylation is 1. The predicted octanol–water partition coefficient (Wildman–Crippen LogP) is 5.64. The molecule has 0 spiro atoms. The van der Waals surface area contributed by atoms with Gasteiger partial charge < -0.3 is 4.74 Å². The molecule has 2 heterocycles. The van der Waals surface area contributed by atoms with Crippen molar-refractivity contribution in [2.45, 2.75) is 25.9 Å². The predicted molar refractivity (Wildman–Crippen MR) is 119 cm³/mol. The largest absolute Gasteiger partial charge is 0.451 e. The highest BCUT2D eigenvalue weighted by molar-refractivity contribution is 7.13. The van der Waals surface area contributed by atoms with E-state index in [1.807, 2.05) is 53.9 Å². The number of hydrogen-bond acceptors (Lipinski definition) is 5. The second-order valence-electron chi connectivity index (χ2n) is 6.91. The van der Waals surface area contributed by atoms with E-state index in [9.17, 15) is 4.79 Å². The number of esters is 1. The maximum Gasteiger partial charge on any atom is 0.312 e. The van der Waals surface area contributed by atoms with Crippen LogP contribution in [0.3, 0.4) is 0 Å². The van der Waals surface area contributed by atoms with Gasteiger partial charge in [-0.05, 0) is 29.7 Å². The molecule has 0 radical (unpaired) electrons. The van der Waals surface area contributed by atoms with Crippen LogP contribution >= 0.6 is 11.3 Å². The van der Waals surface area contributed by atoms with E-state index < -0.39 is 6.10 Å². The van der Waals surface area contributed by atoms with Gasteiger partial charge in [0, 0.05) is 17.1 Å². The Bertz CT molecular complexity index is 1050. The fraction of sp³-hybridized carbons (Fsp3) is 0.160. The topological polar surface area (TPSA) is 52.1 Å². The fourth-order valence-electron chi connectivity index (χ4n) is 3.18. The average molecular weight is 415 g/mol. The first-order valence-corrected chi connectivity index (χ1v) is 10.8. The van der Waals surface area contributed by atoms with Crippen molar-refractivity contribution in [2.24, 2.45) is 0 Å². The third-order valence-corrected chi connectivity index (χ3v) is 5.73. The summed E-state index contributed by atoms with van der Waals surface area (Å²) >= 11 is 1.54. The van der Waals surface area contributed by atoms with Crippen LogP contribution in [0, 0.1) is 0 Å². The smallest absolute Gasteiger partial charge is 0.312 e. The number of carbonyl (C=O) groups is 1. The molecule has 4 aromatic rings. The number of thiazole rings is 1. The molecule has 0 fully saturated rings. The summed E-state index contributed by atoms with van der Waals surface area (Å²) in [5, 5.41) is 2.83. The standard InChI is InChI=1S/C25H22N2O2S/c1-2-18-11-13-20(14-12-18)25-27-21(17-30-25)16-23(28)29-24(19-8-4-3-5-9-19)22-10-6-7-15-26-22/h3-15,17,24H,2,16H2,1H3. The van der Waals surface area contributed by atoms with Gasteiger partial charge in [-0.2, -0.15) is 0 Å². The Kier molecular flexibility index (Phi) is 6.30. The lowest BCUT2D eigenvalue weighted by atomic mass is 10.1. The monoisotopic (exact) mass is 414 g/mol. The van der Waals surface area contributed by atoms with Gasteiger partial charge in [0.05, 0.1) is 17.8 Å². The molecule has 30 heavy (non-hydrogen) atoms. The van der Waals surface area contributed by atoms with Gasteiger partial charge in [0.25, 0.3) is 0 Å². The summed E-state index contributed by atoms with van der Waals surface area (Å²) in [5.41, 5.74) is 4.66. The van der Waals surface area contributed by atoms with Gasteiger partial charge in [-0.3, -0.25) is 9.78 Å². The Morgan fingerprint density at radius 2 is 1.77 bits per heavy atom. The van der Waals surface area contributed by atoms with Crippen molar-refractivity contribution >= 4 is 17.3 Å². The van der Waals surface area contributed by atoms with Crippen LogP contribution in [-0.2, 0) is 22.4 Å². The first kappa shape index (κ1) is 20.0. The molecule has 2 aromatic heterocycles. The average Bonchev–Trinajstić information content (AvgIpc) is 3.27. The van der Waals surface area contributed by atoms with E-state index in [4.69, 9.17) is 4.74 Å². The molecule has 4 rings (SSSR count). The molecule has 1 unspecified atom stereocenters. The highest BCUT2D eigenvalue weighted by Crippen LogP contribution is 2.27. The molecule has 1 atom stereocenters. The fourth-order valence-corrected chi connectivity index (χ4v) is 4.01. The van der Waals surface area contributed by atoms with E-state index in [1.54, 1.807) is 6.20 Å². The quantitative estimate of drug-likeness (QED) is 0.367. The number of hydrogen-bond donors (Lipinski definition) is 0. The maximum absolute atomic E-state index is 12.7. The lowest BCUT2D eigenvalue weighted by Gasteiger charge is -2.17. The molecular formula is C25H22N2O2S. The second-order valence-corrected chi connectivity index (χ2v) is 7.76. The van der Waals surface area contributed by atoms with E-state index in [1.165, 1.54) is 16.9 Å². The Labute approximate surface area is 180 Å². The number of nitrogens with zero attached hydrogens (tertiary/aromatic N) is 2. The van der Waals surface area contributed by atoms with Crippen LogP contribution in [0.1, 0.15) is 35.5 Å². The SMILES string of the molecule is CCc1ccc(-c2nc(CC(=O)OC(c3ccccc3)c3ccccn3)cs2)cc1. The Hall–Kier alpha value is -3.31. The van der Waals surface area contributed by atoms with Gasteiger partial charge in [-0.15, -0.1) is 11.3 Å². The maximum atomic E-state index is 12.7. The lowest BCUT2D eigenvalue weighted by Crippen LogP contribution is -2.15. The molecular weight excluding hydrogens is 392 g/mol. The van der Waals surface area contributed by atoms with E-state index >= 15 is 0 Å². The third-order valence-electron chi connectivity index (χ3n) is 4.79. The number of aromatic nitrogens is 2. The van der Waals surface area contributed by atoms with E-state index in [0.29, 0.717) is 11.4 Å². The van der Waals surface area contributed by atoms with E-state index in [2.05, 4.69) is 41.2 Å². The number of pyridine rings is 1. The summed E-state index contributed by atoms with van der Waals surface area (Å²) in [5.74, 6) is -0.326. The van der Waals surface area contributed by atoms with Gasteiger partial charge in [0.1, 0.15) is 5.01 Å². The molecule has 0 saturated carbocycles. The molecule has 0 aliphatic rings. The summed E-state index contributed by atoms with van der Waals surface area (Å²) in [6.07, 6.45) is 2.29. The second kappa shape index (κ2) is 9.46. The van der Waals surface area contributed by atoms with Crippen LogP contribution in [0.4, 0.5) is 0 Å². The highest BCUT2D eigenvalue weighted by atomic mass is 32.1. The molecule has 150 valence electrons. The summed E-state index contributed by atoms with van der Waals surface area (Å²) in [4.78, 5) is 21.7. The third kappa shape index (κ3) is 4.81. The minimum Gasteiger partial charge on any atom is -0.451 e. The first-order valence-electron chi connectivity index (χ1n) is 9.92. The van der Waals surface area contributed by atoms with Gasteiger partial charge in [0.15, 0.2) is 6.10 Å². The van der Waals surface area contributed by atoms with Crippen molar-refractivity contribution < 1.29 is 9.53 Å². The van der Waals surface area contributed by atoms with Crippen molar-refractivity contribution in [3.05, 3.63) is 107 Å². The van der Waals surface area contributed by atoms with Crippen LogP contribution in [0.25, 0.3) is 10.6 Å². The van der Waals surface area contributed by atoms with E-state index in [-0.39, 0.29) is 12.4 Å². The highest BCUT2D eigenvalue weighted by Gasteiger charge is 2.21. The summed E-state index contributed by atoms with van der Waals surface area (Å²) in [7, 11) is 0. The molecule has 0 aliphatic carbocycles. The molecule has 4 nitrogen and oxygen atoms in total. The summed E-state index contributed by atoms with van der Waals surface area (Å²) in [6.45, 7) is 2.13. The number of benzene rings is 2. The normalized spacial score (nSPS) is 11.8. The van der Waals surface area contributed by atoms with E-state index in [0.717, 1.165) is 22.6 Å².